The summed E-state index contributed by atoms with van der Waals surface area (Å²) in [5, 5.41) is 13.9. The molecule has 1 unspecified atom stereocenters. The van der Waals surface area contributed by atoms with Gasteiger partial charge in [-0.2, -0.15) is 0 Å². The molecule has 0 saturated heterocycles. The highest BCUT2D eigenvalue weighted by Gasteiger charge is 2.25. The van der Waals surface area contributed by atoms with Gasteiger partial charge in [0.2, 0.25) is 0 Å². The van der Waals surface area contributed by atoms with Crippen LogP contribution in [0.3, 0.4) is 0 Å². The number of aliphatic hydroxyl groups is 1. The second-order valence-corrected chi connectivity index (χ2v) is 5.93. The van der Waals surface area contributed by atoms with Crippen LogP contribution in [0.5, 0.6) is 0 Å². The maximum absolute atomic E-state index is 10.5. The number of nitrogens with one attached hydrogen (secondary N) is 1. The van der Waals surface area contributed by atoms with Gasteiger partial charge < -0.3 is 10.4 Å². The highest BCUT2D eigenvalue weighted by molar-refractivity contribution is 5.28. The number of benzene rings is 1. The van der Waals surface area contributed by atoms with E-state index < -0.39 is 5.60 Å². The minimum absolute atomic E-state index is 0.0202. The van der Waals surface area contributed by atoms with Crippen LogP contribution in [0.2, 0.25) is 0 Å². The lowest BCUT2D eigenvalue weighted by atomic mass is 9.93. The summed E-state index contributed by atoms with van der Waals surface area (Å²) in [7, 11) is 0. The molecule has 0 spiro atoms. The minimum atomic E-state index is -0.821. The third-order valence-corrected chi connectivity index (χ3v) is 2.92. The van der Waals surface area contributed by atoms with Crippen LogP contribution in [0, 0.1) is 0 Å². The largest absolute Gasteiger partial charge is 0.384 e. The average Bonchev–Trinajstić information content (AvgIpc) is 2.26. The van der Waals surface area contributed by atoms with Gasteiger partial charge in [0, 0.05) is 12.1 Å². The highest BCUT2D eigenvalue weighted by Crippen LogP contribution is 2.21. The van der Waals surface area contributed by atoms with Crippen LogP contribution in [0.25, 0.3) is 0 Å². The smallest absolute Gasteiger partial charge is 0.0992 e. The molecule has 0 aliphatic heterocycles. The maximum Gasteiger partial charge on any atom is 0.0992 e. The van der Waals surface area contributed by atoms with E-state index in [1.54, 1.807) is 0 Å². The molecule has 2 N–H and O–H groups in total. The molecule has 0 heterocycles. The third-order valence-electron chi connectivity index (χ3n) is 2.92. The van der Waals surface area contributed by atoms with Crippen molar-refractivity contribution in [2.75, 3.05) is 6.54 Å². The molecule has 1 aromatic rings. The summed E-state index contributed by atoms with van der Waals surface area (Å²) in [6, 6.07) is 8.18. The van der Waals surface area contributed by atoms with Crippen molar-refractivity contribution in [3.63, 3.8) is 0 Å². The quantitative estimate of drug-likeness (QED) is 0.841. The van der Waals surface area contributed by atoms with Gasteiger partial charge in [-0.3, -0.25) is 0 Å². The number of hydrogen-bond donors (Lipinski definition) is 2. The molecule has 0 fully saturated rings. The Balaban J connectivity index is 2.81. The molecule has 1 rings (SSSR count). The Hall–Kier alpha value is -0.860. The fourth-order valence-corrected chi connectivity index (χ4v) is 1.67. The topological polar surface area (TPSA) is 32.3 Å². The molecule has 1 atom stereocenters. The Morgan fingerprint density at radius 1 is 1.18 bits per heavy atom. The fraction of sp³-hybridized carbons (Fsp3) is 0.600. The molecule has 0 saturated carbocycles. The molecule has 0 aromatic heterocycles. The second-order valence-electron chi connectivity index (χ2n) is 5.93. The van der Waals surface area contributed by atoms with Gasteiger partial charge >= 0.3 is 0 Å². The van der Waals surface area contributed by atoms with Crippen molar-refractivity contribution >= 4 is 0 Å². The van der Waals surface area contributed by atoms with Gasteiger partial charge in [-0.15, -0.1) is 0 Å². The van der Waals surface area contributed by atoms with Crippen molar-refractivity contribution in [2.45, 2.75) is 52.2 Å². The molecule has 0 aliphatic carbocycles. The van der Waals surface area contributed by atoms with Gasteiger partial charge in [-0.05, 0) is 45.2 Å². The predicted octanol–water partition coefficient (Wildman–Crippen LogP) is 2.84. The van der Waals surface area contributed by atoms with Crippen molar-refractivity contribution in [3.05, 3.63) is 35.4 Å². The predicted molar refractivity (Wildman–Crippen MR) is 73.1 cm³/mol. The summed E-state index contributed by atoms with van der Waals surface area (Å²) < 4.78 is 0. The summed E-state index contributed by atoms with van der Waals surface area (Å²) >= 11 is 0. The van der Waals surface area contributed by atoms with Gasteiger partial charge in [0.05, 0.1) is 5.60 Å². The number of aryl methyl sites for hydroxylation is 1. The molecule has 2 heteroatoms. The molecule has 96 valence electrons. The van der Waals surface area contributed by atoms with Crippen LogP contribution in [0.1, 0.15) is 45.7 Å². The van der Waals surface area contributed by atoms with Gasteiger partial charge in [0.1, 0.15) is 0 Å². The third kappa shape index (κ3) is 4.49. The Morgan fingerprint density at radius 2 is 1.82 bits per heavy atom. The summed E-state index contributed by atoms with van der Waals surface area (Å²) in [6.45, 7) is 10.9. The lowest BCUT2D eigenvalue weighted by Gasteiger charge is -2.30. The summed E-state index contributed by atoms with van der Waals surface area (Å²) in [6.07, 6.45) is 0.997. The molecule has 1 aromatic carbocycles. The summed E-state index contributed by atoms with van der Waals surface area (Å²) in [5.41, 5.74) is 1.44. The molecular weight excluding hydrogens is 210 g/mol. The lowest BCUT2D eigenvalue weighted by molar-refractivity contribution is 0.0501. The maximum atomic E-state index is 10.5. The van der Waals surface area contributed by atoms with Crippen LogP contribution in [-0.4, -0.2) is 17.2 Å². The SMILES string of the molecule is CCc1cccc(C(C)(O)CNC(C)(C)C)c1. The van der Waals surface area contributed by atoms with E-state index in [2.05, 4.69) is 45.1 Å². The van der Waals surface area contributed by atoms with Crippen LogP contribution in [-0.2, 0) is 12.0 Å². The summed E-state index contributed by atoms with van der Waals surface area (Å²) in [5.74, 6) is 0. The first kappa shape index (κ1) is 14.2. The van der Waals surface area contributed by atoms with Crippen molar-refractivity contribution in [1.82, 2.24) is 5.32 Å². The number of β-amino-alcohol motifs (C(OH)–C–C–N with tert-alkyl or cyclic N) is 1. The van der Waals surface area contributed by atoms with Crippen molar-refractivity contribution < 1.29 is 5.11 Å². The van der Waals surface area contributed by atoms with Crippen molar-refractivity contribution in [3.8, 4) is 0 Å². The number of hydrogen-bond acceptors (Lipinski definition) is 2. The number of rotatable bonds is 4. The van der Waals surface area contributed by atoms with Crippen molar-refractivity contribution in [1.29, 1.82) is 0 Å². The summed E-state index contributed by atoms with van der Waals surface area (Å²) in [4.78, 5) is 0. The van der Waals surface area contributed by atoms with Crippen LogP contribution in [0.4, 0.5) is 0 Å². The Labute approximate surface area is 105 Å². The lowest BCUT2D eigenvalue weighted by Crippen LogP contribution is -2.44. The molecule has 0 amide bonds. The van der Waals surface area contributed by atoms with E-state index in [4.69, 9.17) is 0 Å². The fourth-order valence-electron chi connectivity index (χ4n) is 1.67. The average molecular weight is 235 g/mol. The van der Waals surface area contributed by atoms with Gasteiger partial charge in [-0.1, -0.05) is 31.2 Å². The molecular formula is C15H25NO. The van der Waals surface area contributed by atoms with Gasteiger partial charge in [0.25, 0.3) is 0 Å². The highest BCUT2D eigenvalue weighted by atomic mass is 16.3. The van der Waals surface area contributed by atoms with E-state index in [1.165, 1.54) is 5.56 Å². The van der Waals surface area contributed by atoms with E-state index in [0.717, 1.165) is 12.0 Å². The second kappa shape index (κ2) is 5.19. The Bertz CT molecular complexity index is 363. The van der Waals surface area contributed by atoms with Crippen molar-refractivity contribution in [2.24, 2.45) is 0 Å². The first-order valence-corrected chi connectivity index (χ1v) is 6.31. The standard InChI is InChI=1S/C15H25NO/c1-6-12-8-7-9-13(10-12)15(5,17)11-16-14(2,3)4/h7-10,16-17H,6,11H2,1-5H3. The molecule has 0 aliphatic rings. The van der Waals surface area contributed by atoms with Crippen LogP contribution >= 0.6 is 0 Å². The first-order chi connectivity index (χ1) is 7.74. The molecule has 2 nitrogen and oxygen atoms in total. The minimum Gasteiger partial charge on any atom is -0.384 e. The Kier molecular flexibility index (Phi) is 4.34. The molecule has 17 heavy (non-hydrogen) atoms. The van der Waals surface area contributed by atoms with E-state index in [1.807, 2.05) is 19.1 Å². The van der Waals surface area contributed by atoms with Crippen LogP contribution < -0.4 is 5.32 Å². The monoisotopic (exact) mass is 235 g/mol. The Morgan fingerprint density at radius 3 is 2.35 bits per heavy atom. The van der Waals surface area contributed by atoms with E-state index in [-0.39, 0.29) is 5.54 Å². The van der Waals surface area contributed by atoms with E-state index in [0.29, 0.717) is 6.54 Å². The first-order valence-electron chi connectivity index (χ1n) is 6.31. The zero-order valence-corrected chi connectivity index (χ0v) is 11.7. The van der Waals surface area contributed by atoms with E-state index >= 15 is 0 Å². The zero-order chi connectivity index (χ0) is 13.1. The molecule has 0 bridgehead atoms. The van der Waals surface area contributed by atoms with Crippen LogP contribution in [0.15, 0.2) is 24.3 Å². The normalized spacial score (nSPS) is 15.6. The van der Waals surface area contributed by atoms with E-state index in [9.17, 15) is 5.11 Å². The zero-order valence-electron chi connectivity index (χ0n) is 11.7. The van der Waals surface area contributed by atoms with Gasteiger partial charge in [-0.25, -0.2) is 0 Å². The van der Waals surface area contributed by atoms with Gasteiger partial charge in [0.15, 0.2) is 0 Å². The molecule has 0 radical (unpaired) electrons.